The van der Waals surface area contributed by atoms with Gasteiger partial charge in [0, 0.05) is 23.3 Å². The van der Waals surface area contributed by atoms with Crippen molar-refractivity contribution < 1.29 is 42.8 Å². The second kappa shape index (κ2) is 12.2. The van der Waals surface area contributed by atoms with Gasteiger partial charge in [-0.3, -0.25) is 9.59 Å². The van der Waals surface area contributed by atoms with Crippen molar-refractivity contribution in [2.24, 2.45) is 29.1 Å². The van der Waals surface area contributed by atoms with Crippen LogP contribution >= 0.6 is 11.3 Å². The van der Waals surface area contributed by atoms with Gasteiger partial charge >= 0.3 is 12.1 Å². The number of hydrogen-bond acceptors (Lipinski definition) is 8. The van der Waals surface area contributed by atoms with E-state index < -0.39 is 65.5 Å². The SMILES string of the molecule is CC(=Cc1csc(CO)n1)[C@H]1C/C=C(/C(F)(F)F)C[C@@H]2C[C@@H]2[C@H](C)[C@H](O)[C@@H](C)C(=O)C(C)(C)[C@@H](O)CC(=O)O1. The van der Waals surface area contributed by atoms with Crippen molar-refractivity contribution >= 4 is 29.2 Å². The number of aliphatic hydroxyl groups excluding tert-OH is 3. The molecule has 0 aromatic carbocycles. The quantitative estimate of drug-likeness (QED) is 0.350. The molecule has 2 heterocycles. The molecule has 1 aromatic rings. The number of Topliss-reactive ketones (excluding diaryl/α,β-unsaturated/α-hetero) is 1. The highest BCUT2D eigenvalue weighted by Gasteiger charge is 2.49. The largest absolute Gasteiger partial charge is 0.457 e. The number of halogens is 3. The lowest BCUT2D eigenvalue weighted by atomic mass is 9.72. The normalized spacial score (nSPS) is 34.6. The number of hydrogen-bond donors (Lipinski definition) is 3. The first-order valence-electron chi connectivity index (χ1n) is 13.2. The van der Waals surface area contributed by atoms with Gasteiger partial charge in [0.15, 0.2) is 0 Å². The van der Waals surface area contributed by atoms with E-state index in [0.29, 0.717) is 22.7 Å². The molecule has 2 aliphatic rings. The molecule has 0 unspecified atom stereocenters. The number of rotatable bonds is 3. The van der Waals surface area contributed by atoms with Crippen LogP contribution in [-0.2, 0) is 20.9 Å². The Hall–Kier alpha value is -2.08. The van der Waals surface area contributed by atoms with Gasteiger partial charge in [-0.15, -0.1) is 11.3 Å². The zero-order chi connectivity index (χ0) is 29.3. The highest BCUT2D eigenvalue weighted by atomic mass is 32.1. The van der Waals surface area contributed by atoms with Gasteiger partial charge in [0.1, 0.15) is 16.9 Å². The molecular formula is C28H38F3NO6S. The lowest BCUT2D eigenvalue weighted by molar-refractivity contribution is -0.154. The summed E-state index contributed by atoms with van der Waals surface area (Å²) in [5.74, 6) is -3.05. The van der Waals surface area contributed by atoms with E-state index in [0.717, 1.165) is 6.08 Å². The Morgan fingerprint density at radius 2 is 1.90 bits per heavy atom. The first kappa shape index (κ1) is 31.4. The van der Waals surface area contributed by atoms with Crippen molar-refractivity contribution in [2.45, 2.75) is 91.4 Å². The molecule has 218 valence electrons. The van der Waals surface area contributed by atoms with E-state index in [2.05, 4.69) is 4.98 Å². The van der Waals surface area contributed by atoms with Crippen LogP contribution in [0.2, 0.25) is 0 Å². The number of nitrogens with zero attached hydrogens (tertiary/aromatic N) is 1. The number of fused-ring (bicyclic) bond motifs is 1. The van der Waals surface area contributed by atoms with E-state index in [9.17, 15) is 38.1 Å². The van der Waals surface area contributed by atoms with Gasteiger partial charge in [0.2, 0.25) is 0 Å². The molecule has 11 heteroatoms. The van der Waals surface area contributed by atoms with Crippen LogP contribution in [0, 0.1) is 29.1 Å². The lowest BCUT2D eigenvalue weighted by Gasteiger charge is -2.34. The molecule has 3 rings (SSSR count). The molecular weight excluding hydrogens is 535 g/mol. The molecule has 1 aromatic heterocycles. The van der Waals surface area contributed by atoms with Crippen LogP contribution in [0.15, 0.2) is 22.6 Å². The Kier molecular flexibility index (Phi) is 9.84. The molecule has 1 fully saturated rings. The number of alkyl halides is 3. The van der Waals surface area contributed by atoms with Crippen molar-refractivity contribution in [3.8, 4) is 0 Å². The van der Waals surface area contributed by atoms with E-state index in [1.54, 1.807) is 32.2 Å². The summed E-state index contributed by atoms with van der Waals surface area (Å²) in [6.07, 6.45) is -6.04. The molecule has 1 aliphatic carbocycles. The average molecular weight is 574 g/mol. The van der Waals surface area contributed by atoms with Crippen molar-refractivity contribution in [1.82, 2.24) is 4.98 Å². The maximum atomic E-state index is 14.0. The zero-order valence-corrected chi connectivity index (χ0v) is 23.7. The fraction of sp³-hybridized carbons (Fsp3) is 0.679. The minimum Gasteiger partial charge on any atom is -0.457 e. The summed E-state index contributed by atoms with van der Waals surface area (Å²) in [6, 6.07) is 0. The van der Waals surface area contributed by atoms with Crippen LogP contribution in [0.5, 0.6) is 0 Å². The standard InChI is InChI=1S/C28H38F3NO6S/c1-14(8-19-13-39-23(12-33)32-19)21-7-6-18(28(29,30)31)9-17-10-20(17)15(2)25(36)16(3)26(37)27(4,5)22(34)11-24(35)38-21/h6,8,13,15-17,20-22,25,33-34,36H,7,9-12H2,1-5H3/b14-8?,18-6+/t15-,16+,17+,20+,21+,22-,25-/m0/s1. The molecule has 0 radical (unpaired) electrons. The molecule has 0 bridgehead atoms. The van der Waals surface area contributed by atoms with E-state index in [4.69, 9.17) is 4.74 Å². The Bertz CT molecular complexity index is 1110. The lowest BCUT2D eigenvalue weighted by Crippen LogP contribution is -2.46. The third-order valence-corrected chi connectivity index (χ3v) is 9.08. The molecule has 1 aliphatic heterocycles. The number of cyclic esters (lactones) is 1. The van der Waals surface area contributed by atoms with Gasteiger partial charge < -0.3 is 20.1 Å². The number of carbonyl (C=O) groups excluding carboxylic acids is 2. The van der Waals surface area contributed by atoms with Crippen LogP contribution in [0.1, 0.15) is 71.0 Å². The molecule has 39 heavy (non-hydrogen) atoms. The molecule has 0 spiro atoms. The number of aromatic nitrogens is 1. The predicted molar refractivity (Wildman–Crippen MR) is 140 cm³/mol. The van der Waals surface area contributed by atoms with Crippen molar-refractivity contribution in [2.75, 3.05) is 0 Å². The number of ketones is 1. The van der Waals surface area contributed by atoms with Crippen LogP contribution in [0.25, 0.3) is 6.08 Å². The summed E-state index contributed by atoms with van der Waals surface area (Å²) < 4.78 is 47.5. The summed E-state index contributed by atoms with van der Waals surface area (Å²) in [6.45, 7) is 7.66. The third-order valence-electron chi connectivity index (χ3n) is 8.23. The monoisotopic (exact) mass is 573 g/mol. The molecule has 7 atom stereocenters. The fourth-order valence-electron chi connectivity index (χ4n) is 5.35. The van der Waals surface area contributed by atoms with Gasteiger partial charge in [0.25, 0.3) is 0 Å². The number of ether oxygens (including phenoxy) is 1. The Morgan fingerprint density at radius 1 is 1.23 bits per heavy atom. The summed E-state index contributed by atoms with van der Waals surface area (Å²) in [5.41, 5.74) is -1.18. The molecule has 0 saturated heterocycles. The smallest absolute Gasteiger partial charge is 0.412 e. The maximum Gasteiger partial charge on any atom is 0.412 e. The topological polar surface area (TPSA) is 117 Å². The maximum absolute atomic E-state index is 14.0. The van der Waals surface area contributed by atoms with Gasteiger partial charge in [-0.05, 0) is 49.2 Å². The van der Waals surface area contributed by atoms with Crippen LogP contribution in [-0.4, -0.2) is 56.5 Å². The van der Waals surface area contributed by atoms with Crippen molar-refractivity contribution in [1.29, 1.82) is 0 Å². The first-order valence-corrected chi connectivity index (χ1v) is 14.0. The Labute approximate surface area is 230 Å². The Balaban J connectivity index is 1.98. The Morgan fingerprint density at radius 3 is 2.49 bits per heavy atom. The third kappa shape index (κ3) is 7.56. The average Bonchev–Trinajstić information content (AvgIpc) is 3.49. The zero-order valence-electron chi connectivity index (χ0n) is 22.9. The van der Waals surface area contributed by atoms with Gasteiger partial charge in [-0.2, -0.15) is 13.2 Å². The second-order valence-corrected chi connectivity index (χ2v) is 12.4. The van der Waals surface area contributed by atoms with E-state index in [1.807, 2.05) is 0 Å². The minimum absolute atomic E-state index is 0.164. The van der Waals surface area contributed by atoms with Crippen molar-refractivity contribution in [3.63, 3.8) is 0 Å². The van der Waals surface area contributed by atoms with E-state index in [-0.39, 0.29) is 31.3 Å². The number of carbonyl (C=O) groups is 2. The molecule has 0 amide bonds. The van der Waals surface area contributed by atoms with E-state index >= 15 is 0 Å². The van der Waals surface area contributed by atoms with Crippen molar-refractivity contribution in [3.05, 3.63) is 33.3 Å². The van der Waals surface area contributed by atoms with Gasteiger partial charge in [-0.1, -0.05) is 33.8 Å². The minimum atomic E-state index is -4.58. The predicted octanol–water partition coefficient (Wildman–Crippen LogP) is 4.85. The summed E-state index contributed by atoms with van der Waals surface area (Å²) >= 11 is 1.22. The number of esters is 1. The van der Waals surface area contributed by atoms with Crippen LogP contribution in [0.4, 0.5) is 13.2 Å². The van der Waals surface area contributed by atoms with Crippen LogP contribution < -0.4 is 0 Å². The molecule has 1 saturated carbocycles. The molecule has 7 nitrogen and oxygen atoms in total. The first-order chi connectivity index (χ1) is 18.1. The van der Waals surface area contributed by atoms with Gasteiger partial charge in [-0.25, -0.2) is 4.98 Å². The highest BCUT2D eigenvalue weighted by molar-refractivity contribution is 7.09. The second-order valence-electron chi connectivity index (χ2n) is 11.5. The summed E-state index contributed by atoms with van der Waals surface area (Å²) in [5, 5.41) is 33.2. The molecule has 3 N–H and O–H groups in total. The van der Waals surface area contributed by atoms with Gasteiger partial charge in [0.05, 0.1) is 36.3 Å². The highest BCUT2D eigenvalue weighted by Crippen LogP contribution is 2.51. The summed E-state index contributed by atoms with van der Waals surface area (Å²) in [4.78, 5) is 30.4. The van der Waals surface area contributed by atoms with E-state index in [1.165, 1.54) is 25.2 Å². The fourth-order valence-corrected chi connectivity index (χ4v) is 5.96. The summed E-state index contributed by atoms with van der Waals surface area (Å²) in [7, 11) is 0. The number of allylic oxidation sites excluding steroid dienone is 1. The van der Waals surface area contributed by atoms with Crippen LogP contribution in [0.3, 0.4) is 0 Å². The number of thiazole rings is 1. The number of aliphatic hydroxyl groups is 3.